The van der Waals surface area contributed by atoms with Crippen molar-refractivity contribution in [2.45, 2.75) is 25.3 Å². The van der Waals surface area contributed by atoms with Gasteiger partial charge in [0.05, 0.1) is 11.1 Å². The van der Waals surface area contributed by atoms with Crippen LogP contribution >= 0.6 is 23.2 Å². The SMILES string of the molecule is O=C(Nc1ccc(Oc2ncc(Cl)cc2Cl)cc1)C1CCCCN1. The molecule has 1 aliphatic heterocycles. The zero-order valence-corrected chi connectivity index (χ0v) is 14.4. The molecule has 1 aliphatic rings. The summed E-state index contributed by atoms with van der Waals surface area (Å²) < 4.78 is 5.61. The second-order valence-corrected chi connectivity index (χ2v) is 6.40. The van der Waals surface area contributed by atoms with E-state index in [0.29, 0.717) is 15.8 Å². The summed E-state index contributed by atoms with van der Waals surface area (Å²) in [4.78, 5) is 16.2. The lowest BCUT2D eigenvalue weighted by Gasteiger charge is -2.22. The number of anilines is 1. The number of carbonyl (C=O) groups excluding carboxylic acids is 1. The van der Waals surface area contributed by atoms with Crippen molar-refractivity contribution >= 4 is 34.8 Å². The molecule has 5 nitrogen and oxygen atoms in total. The number of piperidine rings is 1. The van der Waals surface area contributed by atoms with Gasteiger partial charge in [0.1, 0.15) is 10.8 Å². The molecule has 24 heavy (non-hydrogen) atoms. The lowest BCUT2D eigenvalue weighted by atomic mass is 10.0. The van der Waals surface area contributed by atoms with Gasteiger partial charge in [0, 0.05) is 11.9 Å². The van der Waals surface area contributed by atoms with E-state index in [1.807, 2.05) is 0 Å². The molecule has 0 saturated carbocycles. The van der Waals surface area contributed by atoms with Gasteiger partial charge in [-0.05, 0) is 49.7 Å². The monoisotopic (exact) mass is 365 g/mol. The number of pyridine rings is 1. The fraction of sp³-hybridized carbons (Fsp3) is 0.294. The van der Waals surface area contributed by atoms with Gasteiger partial charge in [0.2, 0.25) is 11.8 Å². The number of hydrogen-bond acceptors (Lipinski definition) is 4. The Bertz CT molecular complexity index is 716. The Morgan fingerprint density at radius 2 is 2.04 bits per heavy atom. The number of carbonyl (C=O) groups is 1. The molecule has 0 bridgehead atoms. The number of ether oxygens (including phenoxy) is 1. The van der Waals surface area contributed by atoms with Crippen LogP contribution in [0.4, 0.5) is 5.69 Å². The first kappa shape index (κ1) is 17.0. The third kappa shape index (κ3) is 4.38. The molecule has 1 fully saturated rings. The number of hydrogen-bond donors (Lipinski definition) is 2. The van der Waals surface area contributed by atoms with E-state index in [9.17, 15) is 4.79 Å². The molecule has 0 aliphatic carbocycles. The number of aromatic nitrogens is 1. The van der Waals surface area contributed by atoms with Gasteiger partial charge in [-0.25, -0.2) is 4.98 Å². The smallest absolute Gasteiger partial charge is 0.241 e. The van der Waals surface area contributed by atoms with Crippen molar-refractivity contribution in [2.24, 2.45) is 0 Å². The number of halogens is 2. The third-order valence-corrected chi connectivity index (χ3v) is 4.21. The maximum absolute atomic E-state index is 12.2. The molecule has 0 radical (unpaired) electrons. The van der Waals surface area contributed by atoms with Crippen LogP contribution in [0.15, 0.2) is 36.5 Å². The van der Waals surface area contributed by atoms with Crippen molar-refractivity contribution in [3.8, 4) is 11.6 Å². The predicted molar refractivity (Wildman–Crippen MR) is 95.0 cm³/mol. The molecule has 1 unspecified atom stereocenters. The van der Waals surface area contributed by atoms with Gasteiger partial charge in [0.15, 0.2) is 0 Å². The van der Waals surface area contributed by atoms with Crippen molar-refractivity contribution in [3.63, 3.8) is 0 Å². The van der Waals surface area contributed by atoms with Crippen molar-refractivity contribution < 1.29 is 9.53 Å². The minimum atomic E-state index is -0.119. The van der Waals surface area contributed by atoms with E-state index in [4.69, 9.17) is 27.9 Å². The summed E-state index contributed by atoms with van der Waals surface area (Å²) in [5.41, 5.74) is 0.717. The van der Waals surface area contributed by atoms with Gasteiger partial charge in [-0.3, -0.25) is 4.79 Å². The van der Waals surface area contributed by atoms with Gasteiger partial charge < -0.3 is 15.4 Å². The summed E-state index contributed by atoms with van der Waals surface area (Å²) in [5.74, 6) is 0.843. The Morgan fingerprint density at radius 1 is 1.25 bits per heavy atom. The molecule has 1 saturated heterocycles. The van der Waals surface area contributed by atoms with Gasteiger partial charge in [-0.1, -0.05) is 29.6 Å². The second-order valence-electron chi connectivity index (χ2n) is 5.56. The van der Waals surface area contributed by atoms with Crippen LogP contribution in [0, 0.1) is 0 Å². The number of rotatable bonds is 4. The number of amides is 1. The number of nitrogens with one attached hydrogen (secondary N) is 2. The zero-order valence-electron chi connectivity index (χ0n) is 12.9. The molecule has 1 atom stereocenters. The molecule has 2 heterocycles. The number of benzene rings is 1. The van der Waals surface area contributed by atoms with Crippen LogP contribution in [0.25, 0.3) is 0 Å². The molecule has 0 spiro atoms. The molecule has 1 amide bonds. The van der Waals surface area contributed by atoms with Crippen molar-refractivity contribution in [2.75, 3.05) is 11.9 Å². The lowest BCUT2D eigenvalue weighted by Crippen LogP contribution is -2.43. The van der Waals surface area contributed by atoms with E-state index in [-0.39, 0.29) is 17.8 Å². The molecular formula is C17H17Cl2N3O2. The van der Waals surface area contributed by atoms with Crippen molar-refractivity contribution in [3.05, 3.63) is 46.6 Å². The topological polar surface area (TPSA) is 63.2 Å². The zero-order chi connectivity index (χ0) is 16.9. The predicted octanol–water partition coefficient (Wildman–Crippen LogP) is 4.26. The highest BCUT2D eigenvalue weighted by Gasteiger charge is 2.20. The van der Waals surface area contributed by atoms with E-state index >= 15 is 0 Å². The van der Waals surface area contributed by atoms with E-state index in [1.54, 1.807) is 30.3 Å². The molecular weight excluding hydrogens is 349 g/mol. The Morgan fingerprint density at radius 3 is 2.71 bits per heavy atom. The van der Waals surface area contributed by atoms with E-state index in [2.05, 4.69) is 15.6 Å². The average Bonchev–Trinajstić information content (AvgIpc) is 2.60. The van der Waals surface area contributed by atoms with E-state index < -0.39 is 0 Å². The average molecular weight is 366 g/mol. The second kappa shape index (κ2) is 7.83. The minimum absolute atomic E-state index is 0.00854. The maximum Gasteiger partial charge on any atom is 0.241 e. The summed E-state index contributed by atoms with van der Waals surface area (Å²) in [7, 11) is 0. The van der Waals surface area contributed by atoms with Gasteiger partial charge in [-0.15, -0.1) is 0 Å². The Hall–Kier alpha value is -1.82. The fourth-order valence-electron chi connectivity index (χ4n) is 2.50. The number of nitrogens with zero attached hydrogens (tertiary/aromatic N) is 1. The van der Waals surface area contributed by atoms with Crippen molar-refractivity contribution in [1.29, 1.82) is 0 Å². The third-order valence-electron chi connectivity index (χ3n) is 3.74. The summed E-state index contributed by atoms with van der Waals surface area (Å²) in [6, 6.07) is 8.50. The van der Waals surface area contributed by atoms with Crippen LogP contribution in [-0.2, 0) is 4.79 Å². The first-order valence-corrected chi connectivity index (χ1v) is 8.50. The Kier molecular flexibility index (Phi) is 5.56. The summed E-state index contributed by atoms with van der Waals surface area (Å²) in [6.07, 6.45) is 4.53. The van der Waals surface area contributed by atoms with Gasteiger partial charge >= 0.3 is 0 Å². The normalized spacial score (nSPS) is 17.3. The Labute approximate surface area is 150 Å². The van der Waals surface area contributed by atoms with Gasteiger partial charge in [-0.2, -0.15) is 0 Å². The fourth-order valence-corrected chi connectivity index (χ4v) is 2.92. The van der Waals surface area contributed by atoms with Crippen LogP contribution in [-0.4, -0.2) is 23.5 Å². The highest BCUT2D eigenvalue weighted by Crippen LogP contribution is 2.29. The molecule has 1 aromatic heterocycles. The molecule has 2 aromatic rings. The highest BCUT2D eigenvalue weighted by atomic mass is 35.5. The summed E-state index contributed by atoms with van der Waals surface area (Å²) in [6.45, 7) is 0.889. The Balaban J connectivity index is 1.61. The first-order chi connectivity index (χ1) is 11.6. The van der Waals surface area contributed by atoms with Crippen LogP contribution in [0.1, 0.15) is 19.3 Å². The van der Waals surface area contributed by atoms with E-state index in [0.717, 1.165) is 31.5 Å². The molecule has 126 valence electrons. The van der Waals surface area contributed by atoms with Gasteiger partial charge in [0.25, 0.3) is 0 Å². The summed E-state index contributed by atoms with van der Waals surface area (Å²) in [5, 5.41) is 6.91. The highest BCUT2D eigenvalue weighted by molar-refractivity contribution is 6.35. The summed E-state index contributed by atoms with van der Waals surface area (Å²) >= 11 is 11.8. The molecule has 3 rings (SSSR count). The first-order valence-electron chi connectivity index (χ1n) is 7.75. The lowest BCUT2D eigenvalue weighted by molar-refractivity contribution is -0.118. The van der Waals surface area contributed by atoms with E-state index in [1.165, 1.54) is 6.20 Å². The van der Waals surface area contributed by atoms with Crippen LogP contribution in [0.2, 0.25) is 10.0 Å². The van der Waals surface area contributed by atoms with Crippen LogP contribution in [0.5, 0.6) is 11.6 Å². The maximum atomic E-state index is 12.2. The standard InChI is InChI=1S/C17H17Cl2N3O2/c18-11-9-14(19)17(21-10-11)24-13-6-4-12(5-7-13)22-16(23)15-3-1-2-8-20-15/h4-7,9-10,15,20H,1-3,8H2,(H,22,23). The molecule has 2 N–H and O–H groups in total. The molecule has 1 aromatic carbocycles. The minimum Gasteiger partial charge on any atom is -0.438 e. The largest absolute Gasteiger partial charge is 0.438 e. The van der Waals surface area contributed by atoms with Crippen molar-refractivity contribution in [1.82, 2.24) is 10.3 Å². The molecule has 7 heteroatoms. The quantitative estimate of drug-likeness (QED) is 0.849. The van der Waals surface area contributed by atoms with Crippen LogP contribution < -0.4 is 15.4 Å². The van der Waals surface area contributed by atoms with Crippen LogP contribution in [0.3, 0.4) is 0 Å².